The van der Waals surface area contributed by atoms with Gasteiger partial charge in [-0.05, 0) is 133 Å². The minimum atomic E-state index is 0.733. The first-order valence-corrected chi connectivity index (χ1v) is 21.2. The summed E-state index contributed by atoms with van der Waals surface area (Å²) in [5.41, 5.74) is 12.0. The molecule has 8 heteroatoms. The summed E-state index contributed by atoms with van der Waals surface area (Å²) in [6.45, 7) is 1.47. The van der Waals surface area contributed by atoms with Gasteiger partial charge >= 0.3 is 0 Å². The molecule has 0 saturated heterocycles. The van der Waals surface area contributed by atoms with Crippen molar-refractivity contribution in [2.45, 2.75) is 51.4 Å². The van der Waals surface area contributed by atoms with Gasteiger partial charge in [0.1, 0.15) is 11.5 Å². The molecule has 6 nitrogen and oxygen atoms in total. The minimum absolute atomic E-state index is 0.733. The molecule has 0 aliphatic heterocycles. The lowest BCUT2D eigenvalue weighted by Crippen LogP contribution is -2.02. The van der Waals surface area contributed by atoms with Gasteiger partial charge in [0.25, 0.3) is 0 Å². The zero-order chi connectivity index (χ0) is 38.3. The van der Waals surface area contributed by atoms with Gasteiger partial charge in [0.15, 0.2) is 0 Å². The molecule has 0 unspecified atom stereocenters. The SMILES string of the molecule is C(=C\c1cccs1)/C(=N\Nc1ccccc1)c1ccc(OCCCCCCCCCCOc2ccc(C(/C=C/c3cccs3)=N/Nc3ccccc3)cc2)cc1. The molecule has 2 aromatic heterocycles. The van der Waals surface area contributed by atoms with Crippen molar-refractivity contribution in [2.24, 2.45) is 10.2 Å². The molecule has 0 amide bonds. The normalized spacial score (nSPS) is 12.0. The second-order valence-corrected chi connectivity index (χ2v) is 15.2. The summed E-state index contributed by atoms with van der Waals surface area (Å²) in [6.07, 6.45) is 17.8. The first-order chi connectivity index (χ1) is 27.8. The van der Waals surface area contributed by atoms with Crippen LogP contribution in [0.5, 0.6) is 11.5 Å². The molecule has 0 aliphatic rings. The van der Waals surface area contributed by atoms with Crippen molar-refractivity contribution in [3.63, 3.8) is 0 Å². The highest BCUT2D eigenvalue weighted by molar-refractivity contribution is 7.11. The number of unbranched alkanes of at least 4 members (excludes halogenated alkanes) is 7. The number of thiophene rings is 2. The standard InChI is InChI=1S/C48H50N4O2S2/c1(3-5-13-35-53-43-27-23-39(24-28-43)47(33-31-45-21-15-37-55-45)51-49-41-17-9-7-10-18-41)2-4-6-14-36-54-44-29-25-40(26-30-44)48(34-32-46-22-16-38-56-46)52-50-42-19-11-8-12-20-42/h7-12,15-34,37-38,49-50H,1-6,13-14,35-36H2/b33-31+,34-32+,51-47+,52-48+. The van der Waals surface area contributed by atoms with E-state index < -0.39 is 0 Å². The van der Waals surface area contributed by atoms with E-state index in [2.05, 4.69) is 94.4 Å². The molecule has 6 aromatic rings. The van der Waals surface area contributed by atoms with Crippen LogP contribution in [-0.2, 0) is 0 Å². The number of anilines is 2. The van der Waals surface area contributed by atoms with Gasteiger partial charge in [-0.15, -0.1) is 22.7 Å². The van der Waals surface area contributed by atoms with Gasteiger partial charge in [-0.3, -0.25) is 10.9 Å². The van der Waals surface area contributed by atoms with E-state index >= 15 is 0 Å². The molecule has 6 rings (SSSR count). The summed E-state index contributed by atoms with van der Waals surface area (Å²) in [5.74, 6) is 1.78. The summed E-state index contributed by atoms with van der Waals surface area (Å²) in [5, 5.41) is 13.6. The average Bonchev–Trinajstić information content (AvgIpc) is 3.98. The Labute approximate surface area is 340 Å². The molecule has 2 N–H and O–H groups in total. The van der Waals surface area contributed by atoms with E-state index in [9.17, 15) is 0 Å². The predicted octanol–water partition coefficient (Wildman–Crippen LogP) is 13.4. The van der Waals surface area contributed by atoms with Gasteiger partial charge in [-0.2, -0.15) is 10.2 Å². The van der Waals surface area contributed by atoms with Gasteiger partial charge in [-0.1, -0.05) is 87.1 Å². The largest absolute Gasteiger partial charge is 0.494 e. The smallest absolute Gasteiger partial charge is 0.119 e. The van der Waals surface area contributed by atoms with Crippen molar-refractivity contribution in [1.82, 2.24) is 0 Å². The Morgan fingerprint density at radius 2 is 0.839 bits per heavy atom. The van der Waals surface area contributed by atoms with Crippen LogP contribution in [0.3, 0.4) is 0 Å². The van der Waals surface area contributed by atoms with Crippen LogP contribution in [-0.4, -0.2) is 24.6 Å². The zero-order valence-electron chi connectivity index (χ0n) is 31.8. The Hall–Kier alpha value is -5.70. The Morgan fingerprint density at radius 3 is 1.21 bits per heavy atom. The van der Waals surface area contributed by atoms with Crippen molar-refractivity contribution < 1.29 is 9.47 Å². The second kappa shape index (κ2) is 23.3. The molecule has 0 saturated carbocycles. The third-order valence-corrected chi connectivity index (χ3v) is 10.6. The van der Waals surface area contributed by atoms with E-state index in [0.717, 1.165) is 71.5 Å². The highest BCUT2D eigenvalue weighted by Gasteiger charge is 2.05. The molecule has 56 heavy (non-hydrogen) atoms. The highest BCUT2D eigenvalue weighted by Crippen LogP contribution is 2.19. The summed E-state index contributed by atoms with van der Waals surface area (Å²) >= 11 is 3.41. The summed E-state index contributed by atoms with van der Waals surface area (Å²) in [7, 11) is 0. The van der Waals surface area contributed by atoms with Crippen LogP contribution in [0.25, 0.3) is 12.2 Å². The number of allylic oxidation sites excluding steroid dienone is 2. The van der Waals surface area contributed by atoms with Gasteiger partial charge in [0, 0.05) is 20.9 Å². The fraction of sp³-hybridized carbons (Fsp3) is 0.208. The topological polar surface area (TPSA) is 67.2 Å². The molecule has 0 aliphatic carbocycles. The third-order valence-electron chi connectivity index (χ3n) is 8.93. The molecule has 0 radical (unpaired) electrons. The van der Waals surface area contributed by atoms with Gasteiger partial charge in [0.2, 0.25) is 0 Å². The van der Waals surface area contributed by atoms with Crippen LogP contribution >= 0.6 is 22.7 Å². The summed E-state index contributed by atoms with van der Waals surface area (Å²) in [4.78, 5) is 2.38. The first kappa shape index (κ1) is 40.0. The zero-order valence-corrected chi connectivity index (χ0v) is 33.4. The van der Waals surface area contributed by atoms with Crippen LogP contribution in [0.4, 0.5) is 11.4 Å². The van der Waals surface area contributed by atoms with Gasteiger partial charge < -0.3 is 9.47 Å². The number of nitrogens with zero attached hydrogens (tertiary/aromatic N) is 2. The molecule has 0 spiro atoms. The summed E-state index contributed by atoms with van der Waals surface area (Å²) < 4.78 is 12.1. The van der Waals surface area contributed by atoms with Crippen molar-refractivity contribution in [3.05, 3.63) is 177 Å². The van der Waals surface area contributed by atoms with Gasteiger partial charge in [-0.25, -0.2) is 0 Å². The maximum Gasteiger partial charge on any atom is 0.119 e. The molecule has 0 atom stereocenters. The van der Waals surface area contributed by atoms with Crippen molar-refractivity contribution in [2.75, 3.05) is 24.1 Å². The third kappa shape index (κ3) is 14.2. The fourth-order valence-corrected chi connectivity index (χ4v) is 7.09. The Bertz CT molecular complexity index is 1920. The highest BCUT2D eigenvalue weighted by atomic mass is 32.1. The number of rotatable bonds is 23. The number of para-hydroxylation sites is 2. The molecule has 0 fully saturated rings. The Morgan fingerprint density at radius 1 is 0.446 bits per heavy atom. The maximum absolute atomic E-state index is 6.07. The lowest BCUT2D eigenvalue weighted by atomic mass is 10.1. The van der Waals surface area contributed by atoms with Crippen molar-refractivity contribution in [1.29, 1.82) is 0 Å². The molecule has 286 valence electrons. The molecule has 2 heterocycles. The fourth-order valence-electron chi connectivity index (χ4n) is 5.85. The lowest BCUT2D eigenvalue weighted by molar-refractivity contribution is 0.301. The molecule has 4 aromatic carbocycles. The van der Waals surface area contributed by atoms with E-state index in [1.54, 1.807) is 22.7 Å². The van der Waals surface area contributed by atoms with E-state index in [1.807, 2.05) is 84.9 Å². The van der Waals surface area contributed by atoms with E-state index in [-0.39, 0.29) is 0 Å². The quantitative estimate of drug-likeness (QED) is 0.0386. The second-order valence-electron chi connectivity index (χ2n) is 13.2. The minimum Gasteiger partial charge on any atom is -0.494 e. The van der Waals surface area contributed by atoms with Crippen LogP contribution in [0.2, 0.25) is 0 Å². The molecular weight excluding hydrogens is 729 g/mol. The number of nitrogens with one attached hydrogen (secondary N) is 2. The van der Waals surface area contributed by atoms with E-state index in [4.69, 9.17) is 19.7 Å². The van der Waals surface area contributed by atoms with Crippen LogP contribution < -0.4 is 20.3 Å². The summed E-state index contributed by atoms with van der Waals surface area (Å²) in [6, 6.07) is 44.8. The van der Waals surface area contributed by atoms with Crippen LogP contribution in [0.15, 0.2) is 167 Å². The molecule has 0 bridgehead atoms. The number of ether oxygens (including phenoxy) is 2. The lowest BCUT2D eigenvalue weighted by Gasteiger charge is -2.09. The monoisotopic (exact) mass is 778 g/mol. The van der Waals surface area contributed by atoms with Gasteiger partial charge in [0.05, 0.1) is 36.0 Å². The van der Waals surface area contributed by atoms with Crippen molar-refractivity contribution >= 4 is 57.6 Å². The Kier molecular flexibility index (Phi) is 16.6. The number of hydrazone groups is 2. The number of hydrogen-bond donors (Lipinski definition) is 2. The van der Waals surface area contributed by atoms with Crippen LogP contribution in [0, 0.1) is 0 Å². The van der Waals surface area contributed by atoms with Crippen LogP contribution in [0.1, 0.15) is 72.2 Å². The number of benzene rings is 4. The maximum atomic E-state index is 6.07. The van der Waals surface area contributed by atoms with E-state index in [1.165, 1.54) is 48.3 Å². The molecular formula is C48H50N4O2S2. The van der Waals surface area contributed by atoms with Crippen molar-refractivity contribution in [3.8, 4) is 11.5 Å². The first-order valence-electron chi connectivity index (χ1n) is 19.5. The van der Waals surface area contributed by atoms with E-state index in [0.29, 0.717) is 0 Å². The number of hydrogen-bond acceptors (Lipinski definition) is 8. The average molecular weight is 779 g/mol. The predicted molar refractivity (Wildman–Crippen MR) is 241 cm³/mol. The Balaban J connectivity index is 0.833.